The van der Waals surface area contributed by atoms with Crippen LogP contribution in [0.15, 0.2) is 24.3 Å². The van der Waals surface area contributed by atoms with Gasteiger partial charge in [0.15, 0.2) is 0 Å². The second-order valence-corrected chi connectivity index (χ2v) is 2.85. The van der Waals surface area contributed by atoms with E-state index in [1.165, 1.54) is 0 Å². The van der Waals surface area contributed by atoms with Gasteiger partial charge in [0.25, 0.3) is 0 Å². The van der Waals surface area contributed by atoms with E-state index < -0.39 is 12.8 Å². The van der Waals surface area contributed by atoms with E-state index in [0.717, 1.165) is 0 Å². The van der Waals surface area contributed by atoms with Crippen molar-refractivity contribution >= 4 is 0 Å². The van der Waals surface area contributed by atoms with Crippen molar-refractivity contribution in [1.29, 1.82) is 0 Å². The Morgan fingerprint density at radius 3 is 3.00 bits per heavy atom. The van der Waals surface area contributed by atoms with Gasteiger partial charge < -0.3 is 9.47 Å². The molecule has 14 heavy (non-hydrogen) atoms. The van der Waals surface area contributed by atoms with Crippen molar-refractivity contribution in [3.63, 3.8) is 0 Å². The number of ether oxygens (including phenoxy) is 3. The molecular formula is C10H11FO3. The van der Waals surface area contributed by atoms with Crippen LogP contribution in [-0.2, 0) is 9.47 Å². The van der Waals surface area contributed by atoms with Crippen molar-refractivity contribution in [1.82, 2.24) is 0 Å². The van der Waals surface area contributed by atoms with E-state index in [-0.39, 0.29) is 0 Å². The van der Waals surface area contributed by atoms with Gasteiger partial charge in [-0.15, -0.1) is 0 Å². The summed E-state index contributed by atoms with van der Waals surface area (Å²) in [5, 5.41) is 0. The molecule has 0 saturated carbocycles. The molecule has 1 aliphatic heterocycles. The zero-order valence-electron chi connectivity index (χ0n) is 7.77. The Morgan fingerprint density at radius 2 is 2.21 bits per heavy atom. The molecule has 0 amide bonds. The van der Waals surface area contributed by atoms with Crippen LogP contribution in [0.1, 0.15) is 18.8 Å². The topological polar surface area (TPSA) is 27.7 Å². The molecule has 1 aromatic carbocycles. The van der Waals surface area contributed by atoms with Gasteiger partial charge in [-0.25, -0.2) is 4.39 Å². The first-order valence-electron chi connectivity index (χ1n) is 4.48. The van der Waals surface area contributed by atoms with Gasteiger partial charge in [-0.2, -0.15) is 0 Å². The molecule has 2 atom stereocenters. The van der Waals surface area contributed by atoms with E-state index in [2.05, 4.69) is 0 Å². The summed E-state index contributed by atoms with van der Waals surface area (Å²) in [5.41, 5.74) is 0.406. The molecule has 1 heterocycles. The second kappa shape index (κ2) is 3.94. The maximum atomic E-state index is 13.4. The lowest BCUT2D eigenvalue weighted by molar-refractivity contribution is -0.301. The summed E-state index contributed by atoms with van der Waals surface area (Å²) < 4.78 is 28.5. The molecule has 1 aromatic rings. The quantitative estimate of drug-likeness (QED) is 0.730. The summed E-state index contributed by atoms with van der Waals surface area (Å²) >= 11 is 0. The number of rotatable bonds is 2. The minimum atomic E-state index is -1.48. The van der Waals surface area contributed by atoms with Crippen molar-refractivity contribution in [2.75, 3.05) is 6.61 Å². The fraction of sp³-hybridized carbons (Fsp3) is 0.400. The average Bonchev–Trinajstić information content (AvgIpc) is 2.18. The van der Waals surface area contributed by atoms with Crippen LogP contribution in [0, 0.1) is 0 Å². The van der Waals surface area contributed by atoms with Crippen LogP contribution >= 0.6 is 0 Å². The van der Waals surface area contributed by atoms with Crippen LogP contribution in [0.25, 0.3) is 0 Å². The number of alkyl halides is 1. The second-order valence-electron chi connectivity index (χ2n) is 2.85. The molecule has 0 aromatic heterocycles. The largest absolute Gasteiger partial charge is 0.441 e. The lowest BCUT2D eigenvalue weighted by atomic mass is 10.2. The zero-order chi connectivity index (χ0) is 9.97. The number of halogens is 1. The first-order valence-corrected chi connectivity index (χ1v) is 4.48. The average molecular weight is 198 g/mol. The number of benzene rings is 1. The molecule has 0 radical (unpaired) electrons. The van der Waals surface area contributed by atoms with E-state index in [0.29, 0.717) is 17.9 Å². The Kier molecular flexibility index (Phi) is 2.65. The molecule has 0 aliphatic carbocycles. The van der Waals surface area contributed by atoms with E-state index >= 15 is 0 Å². The normalized spacial score (nSPS) is 25.3. The standard InChI is InChI=1S/C10H11FO3/c1-2-12-10-13-8-6-4-3-5-7(8)9(11)14-10/h3-6,9-10H,2H2,1H3. The highest BCUT2D eigenvalue weighted by atomic mass is 19.1. The summed E-state index contributed by atoms with van der Waals surface area (Å²) in [4.78, 5) is 0. The lowest BCUT2D eigenvalue weighted by Crippen LogP contribution is -2.29. The van der Waals surface area contributed by atoms with E-state index in [4.69, 9.17) is 14.2 Å². The van der Waals surface area contributed by atoms with Crippen molar-refractivity contribution < 1.29 is 18.6 Å². The summed E-state index contributed by atoms with van der Waals surface area (Å²) in [6, 6.07) is 6.83. The maximum Gasteiger partial charge on any atom is 0.318 e. The fourth-order valence-corrected chi connectivity index (χ4v) is 1.29. The molecule has 3 nitrogen and oxygen atoms in total. The van der Waals surface area contributed by atoms with E-state index in [1.807, 2.05) is 0 Å². The molecule has 1 aliphatic rings. The molecule has 4 heteroatoms. The summed E-state index contributed by atoms with van der Waals surface area (Å²) in [7, 11) is 0. The van der Waals surface area contributed by atoms with Gasteiger partial charge >= 0.3 is 6.48 Å². The van der Waals surface area contributed by atoms with Gasteiger partial charge in [0.2, 0.25) is 6.36 Å². The van der Waals surface area contributed by atoms with Crippen LogP contribution in [0.4, 0.5) is 4.39 Å². The first kappa shape index (κ1) is 9.43. The molecule has 0 fully saturated rings. The zero-order valence-corrected chi connectivity index (χ0v) is 7.77. The van der Waals surface area contributed by atoms with Crippen molar-refractivity contribution in [2.24, 2.45) is 0 Å². The maximum absolute atomic E-state index is 13.4. The highest BCUT2D eigenvalue weighted by Gasteiger charge is 2.28. The van der Waals surface area contributed by atoms with Crippen LogP contribution in [-0.4, -0.2) is 13.1 Å². The van der Waals surface area contributed by atoms with Crippen molar-refractivity contribution in [3.8, 4) is 5.75 Å². The summed E-state index contributed by atoms with van der Waals surface area (Å²) in [6.07, 6.45) is -1.48. The summed E-state index contributed by atoms with van der Waals surface area (Å²) in [6.45, 7) is 1.27. The van der Waals surface area contributed by atoms with Gasteiger partial charge in [0.05, 0.1) is 12.2 Å². The first-order chi connectivity index (χ1) is 6.81. The van der Waals surface area contributed by atoms with Gasteiger partial charge in [0.1, 0.15) is 5.75 Å². The molecule has 2 rings (SSSR count). The number of para-hydroxylation sites is 1. The highest BCUT2D eigenvalue weighted by Crippen LogP contribution is 2.34. The Hall–Kier alpha value is -1.13. The minimum Gasteiger partial charge on any atom is -0.441 e. The van der Waals surface area contributed by atoms with E-state index in [1.54, 1.807) is 31.2 Å². The fourth-order valence-electron chi connectivity index (χ4n) is 1.29. The molecular weight excluding hydrogens is 187 g/mol. The van der Waals surface area contributed by atoms with Gasteiger partial charge in [-0.1, -0.05) is 12.1 Å². The third-order valence-corrected chi connectivity index (χ3v) is 1.92. The molecule has 0 spiro atoms. The molecule has 76 valence electrons. The Labute approximate surface area is 81.4 Å². The van der Waals surface area contributed by atoms with Crippen LogP contribution in [0.2, 0.25) is 0 Å². The third-order valence-electron chi connectivity index (χ3n) is 1.92. The Morgan fingerprint density at radius 1 is 1.43 bits per heavy atom. The van der Waals surface area contributed by atoms with E-state index in [9.17, 15) is 4.39 Å². The third kappa shape index (κ3) is 1.71. The van der Waals surface area contributed by atoms with Crippen molar-refractivity contribution in [3.05, 3.63) is 29.8 Å². The highest BCUT2D eigenvalue weighted by molar-refractivity contribution is 5.35. The minimum absolute atomic E-state index is 0.406. The lowest BCUT2D eigenvalue weighted by Gasteiger charge is -2.27. The van der Waals surface area contributed by atoms with Gasteiger partial charge in [-0.3, -0.25) is 4.74 Å². The van der Waals surface area contributed by atoms with Crippen molar-refractivity contribution in [2.45, 2.75) is 19.8 Å². The van der Waals surface area contributed by atoms with Gasteiger partial charge in [0, 0.05) is 0 Å². The van der Waals surface area contributed by atoms with Crippen LogP contribution in [0.5, 0.6) is 5.75 Å². The summed E-state index contributed by atoms with van der Waals surface area (Å²) in [5.74, 6) is 0.477. The predicted octanol–water partition coefficient (Wildman–Crippen LogP) is 2.38. The monoisotopic (exact) mass is 198 g/mol. The molecule has 0 saturated heterocycles. The Balaban J connectivity index is 2.20. The SMILES string of the molecule is CCOC1Oc2ccccc2C(F)O1. The Bertz CT molecular complexity index is 316. The molecule has 0 N–H and O–H groups in total. The molecule has 2 unspecified atom stereocenters. The van der Waals surface area contributed by atoms with Crippen LogP contribution in [0.3, 0.4) is 0 Å². The van der Waals surface area contributed by atoms with Gasteiger partial charge in [-0.05, 0) is 19.1 Å². The molecule has 0 bridgehead atoms. The number of hydrogen-bond acceptors (Lipinski definition) is 3. The van der Waals surface area contributed by atoms with Crippen LogP contribution < -0.4 is 4.74 Å². The number of fused-ring (bicyclic) bond motifs is 1. The number of hydrogen-bond donors (Lipinski definition) is 0. The smallest absolute Gasteiger partial charge is 0.318 e. The predicted molar refractivity (Wildman–Crippen MR) is 47.4 cm³/mol.